The van der Waals surface area contributed by atoms with Gasteiger partial charge in [0.05, 0.1) is 19.4 Å². The van der Waals surface area contributed by atoms with Crippen LogP contribution in [0.3, 0.4) is 0 Å². The van der Waals surface area contributed by atoms with Gasteiger partial charge in [-0.25, -0.2) is 15.0 Å². The predicted octanol–water partition coefficient (Wildman–Crippen LogP) is 2.37. The summed E-state index contributed by atoms with van der Waals surface area (Å²) < 4.78 is 19.7. The number of ether oxygens (including phenoxy) is 3. The van der Waals surface area contributed by atoms with Crippen LogP contribution in [0, 0.1) is 12.3 Å². The van der Waals surface area contributed by atoms with Crippen LogP contribution in [-0.4, -0.2) is 81.1 Å². The molecule has 0 bridgehead atoms. The van der Waals surface area contributed by atoms with Crippen LogP contribution in [0.1, 0.15) is 16.7 Å². The van der Waals surface area contributed by atoms with Gasteiger partial charge in [0, 0.05) is 19.8 Å². The van der Waals surface area contributed by atoms with Gasteiger partial charge in [0.15, 0.2) is 28.8 Å². The van der Waals surface area contributed by atoms with Gasteiger partial charge in [-0.05, 0) is 11.1 Å². The zero-order chi connectivity index (χ0) is 33.1. The lowest BCUT2D eigenvalue weighted by Crippen LogP contribution is -2.57. The largest absolute Gasteiger partial charge is 0.389 e. The molecule has 0 radical (unpaired) electrons. The highest BCUT2D eigenvalue weighted by molar-refractivity contribution is 5.87. The molecule has 4 N–H and O–H groups in total. The number of nitrogens with one attached hydrogen (secondary N) is 2. The Morgan fingerprint density at radius 3 is 2.09 bits per heavy atom. The van der Waals surface area contributed by atoms with Gasteiger partial charge in [0.25, 0.3) is 0 Å². The summed E-state index contributed by atoms with van der Waals surface area (Å²) in [6.45, 7) is -0.0282. The molecular formula is C35H34N6O6. The third kappa shape index (κ3) is 5.01. The van der Waals surface area contributed by atoms with Crippen LogP contribution in [0.25, 0.3) is 11.2 Å². The number of hydrogen-bond acceptors (Lipinski definition) is 10. The predicted molar refractivity (Wildman–Crippen MR) is 173 cm³/mol. The molecule has 3 aromatic carbocycles. The zero-order valence-electron chi connectivity index (χ0n) is 25.8. The number of carbonyl (C=O) groups is 1. The molecule has 47 heavy (non-hydrogen) atoms. The van der Waals surface area contributed by atoms with Gasteiger partial charge in [-0.3, -0.25) is 9.36 Å². The molecule has 12 heteroatoms. The van der Waals surface area contributed by atoms with E-state index in [1.807, 2.05) is 91.0 Å². The van der Waals surface area contributed by atoms with E-state index in [4.69, 9.17) is 25.6 Å². The summed E-state index contributed by atoms with van der Waals surface area (Å²) in [6, 6.07) is 28.2. The summed E-state index contributed by atoms with van der Waals surface area (Å²) in [5, 5.41) is 30.1. The fraction of sp³-hybridized carbons (Fsp3) is 0.257. The molecule has 1 saturated heterocycles. The van der Waals surface area contributed by atoms with Crippen LogP contribution in [0.4, 0.5) is 5.82 Å². The summed E-state index contributed by atoms with van der Waals surface area (Å²) in [6.07, 6.45) is 5.19. The average molecular weight is 635 g/mol. The number of methoxy groups -OCH3 is 2. The molecule has 3 heterocycles. The number of aliphatic hydroxyl groups excluding tert-OH is 1. The molecule has 0 spiro atoms. The van der Waals surface area contributed by atoms with Gasteiger partial charge in [-0.15, -0.1) is 6.42 Å². The number of anilines is 1. The molecule has 2 aromatic heterocycles. The molecule has 1 aliphatic heterocycles. The maximum absolute atomic E-state index is 12.8. The van der Waals surface area contributed by atoms with Crippen molar-refractivity contribution in [2.45, 2.75) is 29.3 Å². The minimum Gasteiger partial charge on any atom is -0.389 e. The molecule has 12 nitrogen and oxygen atoms in total. The molecule has 6 rings (SSSR count). The van der Waals surface area contributed by atoms with Crippen molar-refractivity contribution in [3.63, 3.8) is 0 Å². The Labute approximate surface area is 271 Å². The number of aromatic nitrogens is 4. The summed E-state index contributed by atoms with van der Waals surface area (Å²) in [5.41, 5.74) is -0.608. The van der Waals surface area contributed by atoms with Crippen LogP contribution in [-0.2, 0) is 30.1 Å². The first-order chi connectivity index (χ1) is 22.9. The van der Waals surface area contributed by atoms with Crippen molar-refractivity contribution in [1.29, 1.82) is 0 Å². The summed E-state index contributed by atoms with van der Waals surface area (Å²) >= 11 is 0. The maximum Gasteiger partial charge on any atom is 0.310 e. The van der Waals surface area contributed by atoms with E-state index < -0.39 is 29.3 Å². The maximum atomic E-state index is 12.8. The first-order valence-electron chi connectivity index (χ1n) is 14.8. The molecule has 1 fully saturated rings. The quantitative estimate of drug-likeness (QED) is 0.126. The molecular weight excluding hydrogens is 600 g/mol. The van der Waals surface area contributed by atoms with Crippen LogP contribution >= 0.6 is 0 Å². The summed E-state index contributed by atoms with van der Waals surface area (Å²) in [5.74, 6) is -0.0482. The number of aliphatic hydroxyl groups is 2. The Morgan fingerprint density at radius 2 is 1.53 bits per heavy atom. The summed E-state index contributed by atoms with van der Waals surface area (Å²) in [7, 11) is 2.54. The number of imidazole rings is 1. The Morgan fingerprint density at radius 1 is 0.957 bits per heavy atom. The third-order valence-corrected chi connectivity index (χ3v) is 8.61. The number of fused-ring (bicyclic) bond motifs is 1. The van der Waals surface area contributed by atoms with Gasteiger partial charge in [0.2, 0.25) is 5.91 Å². The van der Waals surface area contributed by atoms with Gasteiger partial charge in [-0.2, -0.15) is 0 Å². The van der Waals surface area contributed by atoms with Crippen LogP contribution in [0.15, 0.2) is 104 Å². The highest BCUT2D eigenvalue weighted by Gasteiger charge is 2.73. The van der Waals surface area contributed by atoms with Gasteiger partial charge >= 0.3 is 5.97 Å². The van der Waals surface area contributed by atoms with Crippen LogP contribution in [0.5, 0.6) is 0 Å². The molecule has 3 atom stereocenters. The van der Waals surface area contributed by atoms with Crippen molar-refractivity contribution in [1.82, 2.24) is 24.8 Å². The van der Waals surface area contributed by atoms with Crippen LogP contribution in [0.2, 0.25) is 0 Å². The Balaban J connectivity index is 1.69. The molecule has 0 unspecified atom stereocenters. The number of rotatable bonds is 11. The standard InChI is InChI=1S/C35H34N6O6/c1-4-20-36-27(42)21-37-31-28-32(39-22-38-31)41(23-40-28)34(26-18-12-7-13-19-26)33(24-14-8-5-9-15-24,25-16-10-6-11-17-25)29(43)30(47-34)35(44,45-2)46-3/h1,5-19,22-23,29-30,43-44H,20-21H2,2-3H3,(H,36,42)(H,37,38,39)/t29-,30+,34-/m1/s1. The molecule has 0 saturated carbocycles. The number of carbonyl (C=O) groups excluding carboxylic acids is 1. The lowest BCUT2D eigenvalue weighted by Gasteiger charge is -2.47. The fourth-order valence-corrected chi connectivity index (χ4v) is 6.58. The van der Waals surface area contributed by atoms with Crippen molar-refractivity contribution in [2.24, 2.45) is 0 Å². The third-order valence-electron chi connectivity index (χ3n) is 8.61. The van der Waals surface area contributed by atoms with E-state index in [1.54, 1.807) is 10.9 Å². The van der Waals surface area contributed by atoms with E-state index in [2.05, 4.69) is 26.5 Å². The average Bonchev–Trinajstić information content (AvgIpc) is 3.69. The smallest absolute Gasteiger partial charge is 0.310 e. The van der Waals surface area contributed by atoms with Crippen molar-refractivity contribution in [3.05, 3.63) is 120 Å². The minimum absolute atomic E-state index is 0.0884. The lowest BCUT2D eigenvalue weighted by molar-refractivity contribution is -0.392. The molecule has 0 aliphatic carbocycles. The van der Waals surface area contributed by atoms with E-state index in [9.17, 15) is 15.0 Å². The first-order valence-corrected chi connectivity index (χ1v) is 14.8. The fourth-order valence-electron chi connectivity index (χ4n) is 6.58. The van der Waals surface area contributed by atoms with Gasteiger partial charge in [-0.1, -0.05) is 96.9 Å². The molecule has 1 amide bonds. The Bertz CT molecular complexity index is 1840. The normalized spacial score (nSPS) is 20.5. The monoisotopic (exact) mass is 634 g/mol. The number of terminal acetylenes is 1. The van der Waals surface area contributed by atoms with E-state index in [-0.39, 0.29) is 19.0 Å². The van der Waals surface area contributed by atoms with Crippen molar-refractivity contribution in [2.75, 3.05) is 32.6 Å². The first kappa shape index (κ1) is 31.8. The molecule has 5 aromatic rings. The highest BCUT2D eigenvalue weighted by atomic mass is 16.8. The van der Waals surface area contributed by atoms with Crippen molar-refractivity contribution < 1.29 is 29.2 Å². The molecule has 1 aliphatic rings. The zero-order valence-corrected chi connectivity index (χ0v) is 25.8. The van der Waals surface area contributed by atoms with Gasteiger partial charge < -0.3 is 35.1 Å². The van der Waals surface area contributed by atoms with Crippen LogP contribution < -0.4 is 10.6 Å². The SMILES string of the molecule is C#CCNC(=O)CNc1ncnc2c1ncn2[C@]1(c2ccccc2)O[C@H](C(O)(OC)OC)[C@@H](O)C1(c1ccccc1)c1ccccc1. The highest BCUT2D eigenvalue weighted by Crippen LogP contribution is 2.60. The number of amides is 1. The number of hydrogen-bond donors (Lipinski definition) is 4. The van der Waals surface area contributed by atoms with E-state index in [0.717, 1.165) is 0 Å². The van der Waals surface area contributed by atoms with Crippen molar-refractivity contribution >= 4 is 22.9 Å². The lowest BCUT2D eigenvalue weighted by atomic mass is 9.62. The van der Waals surface area contributed by atoms with E-state index in [0.29, 0.717) is 33.7 Å². The second kappa shape index (κ2) is 12.9. The van der Waals surface area contributed by atoms with E-state index in [1.165, 1.54) is 20.5 Å². The number of benzene rings is 3. The summed E-state index contributed by atoms with van der Waals surface area (Å²) in [4.78, 5) is 26.0. The van der Waals surface area contributed by atoms with Gasteiger partial charge in [0.1, 0.15) is 17.8 Å². The Kier molecular flexibility index (Phi) is 8.74. The number of nitrogens with zero attached hydrogens (tertiary/aromatic N) is 4. The Hall–Kier alpha value is -5.16. The second-order valence-corrected chi connectivity index (χ2v) is 10.9. The second-order valence-electron chi connectivity index (χ2n) is 10.9. The topological polar surface area (TPSA) is 153 Å². The molecule has 240 valence electrons. The van der Waals surface area contributed by atoms with E-state index >= 15 is 0 Å². The van der Waals surface area contributed by atoms with Crippen molar-refractivity contribution in [3.8, 4) is 12.3 Å². The minimum atomic E-state index is -2.38.